The summed E-state index contributed by atoms with van der Waals surface area (Å²) in [6.07, 6.45) is 22.1. The highest BCUT2D eigenvalue weighted by Crippen LogP contribution is 2.80. The number of thiol groups is 4. The molecule has 0 aromatic rings. The molecule has 0 amide bonds. The molecule has 12 unspecified atom stereocenters. The van der Waals surface area contributed by atoms with E-state index in [2.05, 4.69) is 20.8 Å². The first-order valence-corrected chi connectivity index (χ1v) is 20.3. The van der Waals surface area contributed by atoms with Gasteiger partial charge in [-0.2, -0.15) is 50.5 Å². The van der Waals surface area contributed by atoms with Gasteiger partial charge in [0.1, 0.15) is 0 Å². The highest BCUT2D eigenvalue weighted by molar-refractivity contribution is 7.80. The van der Waals surface area contributed by atoms with Gasteiger partial charge in [-0.15, -0.1) is 0 Å². The van der Waals surface area contributed by atoms with Crippen LogP contribution >= 0.6 is 50.5 Å². The van der Waals surface area contributed by atoms with Crippen LogP contribution in [-0.2, 0) is 0 Å². The van der Waals surface area contributed by atoms with Crippen LogP contribution in [0.2, 0.25) is 0 Å². The van der Waals surface area contributed by atoms with E-state index >= 15 is 0 Å². The van der Waals surface area contributed by atoms with Gasteiger partial charge in [-0.1, -0.05) is 52.9 Å². The second-order valence-corrected chi connectivity index (χ2v) is 18.3. The van der Waals surface area contributed by atoms with Crippen molar-refractivity contribution in [3.05, 3.63) is 0 Å². The van der Waals surface area contributed by atoms with Crippen LogP contribution in [0.3, 0.4) is 0 Å². The van der Waals surface area contributed by atoms with E-state index in [1.807, 2.05) is 0 Å². The van der Waals surface area contributed by atoms with Crippen LogP contribution in [0, 0.1) is 81.3 Å². The van der Waals surface area contributed by atoms with Crippen LogP contribution in [0.15, 0.2) is 0 Å². The van der Waals surface area contributed by atoms with Crippen LogP contribution in [0.25, 0.3) is 0 Å². The second-order valence-electron chi connectivity index (χ2n) is 16.7. The molecule has 0 N–H and O–H groups in total. The zero-order valence-corrected chi connectivity index (χ0v) is 29.7. The smallest absolute Gasteiger partial charge is 0.00380 e. The molecule has 0 spiro atoms. The SMILES string of the molecule is CCC(CC1CC(CCS)C(C2(C3CCC3)CC(CCS)C3C2C2CCC(C)(CS)C2C3(C)CS)C1)C1CCC1. The summed E-state index contributed by atoms with van der Waals surface area (Å²) < 4.78 is 0. The first-order valence-electron chi connectivity index (χ1n) is 17.7. The first-order chi connectivity index (χ1) is 19.3. The number of fused-ring (bicyclic) bond motifs is 3. The lowest BCUT2D eigenvalue weighted by Crippen LogP contribution is -2.48. The van der Waals surface area contributed by atoms with E-state index in [4.69, 9.17) is 50.5 Å². The lowest BCUT2D eigenvalue weighted by atomic mass is 9.50. The second kappa shape index (κ2) is 12.3. The molecule has 12 atom stereocenters. The summed E-state index contributed by atoms with van der Waals surface area (Å²) in [5.74, 6) is 14.4. The van der Waals surface area contributed by atoms with E-state index in [0.29, 0.717) is 16.2 Å². The van der Waals surface area contributed by atoms with Gasteiger partial charge in [0.25, 0.3) is 0 Å². The minimum atomic E-state index is 0.347. The molecule has 6 fully saturated rings. The first kappa shape index (κ1) is 31.4. The zero-order valence-electron chi connectivity index (χ0n) is 26.1. The van der Waals surface area contributed by atoms with E-state index in [0.717, 1.165) is 88.1 Å². The molecular weight excluding hydrogens is 561 g/mol. The molecular formula is C36H62S4. The van der Waals surface area contributed by atoms with Crippen molar-refractivity contribution in [3.8, 4) is 0 Å². The fourth-order valence-corrected chi connectivity index (χ4v) is 15.1. The predicted octanol–water partition coefficient (Wildman–Crippen LogP) is 10.4. The molecule has 6 aliphatic rings. The average molecular weight is 623 g/mol. The normalized spacial score (nSPS) is 49.6. The largest absolute Gasteiger partial charge is 0.179 e. The topological polar surface area (TPSA) is 0 Å². The van der Waals surface area contributed by atoms with Gasteiger partial charge in [0, 0.05) is 0 Å². The third-order valence-corrected chi connectivity index (χ3v) is 17.2. The summed E-state index contributed by atoms with van der Waals surface area (Å²) >= 11 is 20.1. The number of rotatable bonds is 12. The Hall–Kier alpha value is 1.40. The minimum Gasteiger partial charge on any atom is -0.179 e. The summed E-state index contributed by atoms with van der Waals surface area (Å²) in [6, 6.07) is 0. The summed E-state index contributed by atoms with van der Waals surface area (Å²) in [5, 5.41) is 0. The summed E-state index contributed by atoms with van der Waals surface area (Å²) in [4.78, 5) is 0. The van der Waals surface area contributed by atoms with Crippen molar-refractivity contribution >= 4 is 50.5 Å². The Balaban J connectivity index is 1.40. The molecule has 0 bridgehead atoms. The zero-order chi connectivity index (χ0) is 28.3. The Kier molecular flexibility index (Phi) is 9.65. The summed E-state index contributed by atoms with van der Waals surface area (Å²) in [7, 11) is 0. The Bertz CT molecular complexity index is 869. The van der Waals surface area contributed by atoms with Crippen molar-refractivity contribution in [2.75, 3.05) is 23.0 Å². The van der Waals surface area contributed by atoms with E-state index < -0.39 is 0 Å². The minimum absolute atomic E-state index is 0.347. The Morgan fingerprint density at radius 2 is 1.50 bits per heavy atom. The lowest BCUT2D eigenvalue weighted by Gasteiger charge is -2.54. The van der Waals surface area contributed by atoms with E-state index in [1.54, 1.807) is 6.42 Å². The van der Waals surface area contributed by atoms with Crippen molar-refractivity contribution in [1.82, 2.24) is 0 Å². The molecule has 6 rings (SSSR count). The lowest BCUT2D eigenvalue weighted by molar-refractivity contribution is -0.0595. The van der Waals surface area contributed by atoms with Crippen molar-refractivity contribution in [2.24, 2.45) is 81.3 Å². The maximum Gasteiger partial charge on any atom is -0.00380 e. The van der Waals surface area contributed by atoms with Crippen LogP contribution in [-0.4, -0.2) is 23.0 Å². The van der Waals surface area contributed by atoms with Crippen molar-refractivity contribution in [2.45, 2.75) is 117 Å². The molecule has 6 saturated carbocycles. The summed E-state index contributed by atoms with van der Waals surface area (Å²) in [6.45, 7) is 7.83. The quantitative estimate of drug-likeness (QED) is 0.153. The highest BCUT2D eigenvalue weighted by Gasteiger charge is 2.75. The van der Waals surface area contributed by atoms with Crippen molar-refractivity contribution in [1.29, 1.82) is 0 Å². The van der Waals surface area contributed by atoms with Crippen molar-refractivity contribution < 1.29 is 0 Å². The van der Waals surface area contributed by atoms with Gasteiger partial charge in [-0.25, -0.2) is 0 Å². The highest BCUT2D eigenvalue weighted by atomic mass is 32.1. The fourth-order valence-electron chi connectivity index (χ4n) is 13.7. The maximum absolute atomic E-state index is 5.24. The Labute approximate surface area is 270 Å². The van der Waals surface area contributed by atoms with Crippen LogP contribution in [0.4, 0.5) is 0 Å². The molecule has 0 heterocycles. The average Bonchev–Trinajstić information content (AvgIpc) is 3.60. The van der Waals surface area contributed by atoms with E-state index in [-0.39, 0.29) is 0 Å². The van der Waals surface area contributed by atoms with Gasteiger partial charge in [0.2, 0.25) is 0 Å². The van der Waals surface area contributed by atoms with Crippen LogP contribution in [0.1, 0.15) is 117 Å². The monoisotopic (exact) mass is 622 g/mol. The van der Waals surface area contributed by atoms with Gasteiger partial charge < -0.3 is 0 Å². The third-order valence-electron chi connectivity index (χ3n) is 15.3. The molecule has 0 aromatic carbocycles. The van der Waals surface area contributed by atoms with Gasteiger partial charge >= 0.3 is 0 Å². The molecule has 0 nitrogen and oxygen atoms in total. The van der Waals surface area contributed by atoms with Crippen LogP contribution in [0.5, 0.6) is 0 Å². The third kappa shape index (κ3) is 4.77. The summed E-state index contributed by atoms with van der Waals surface area (Å²) in [5.41, 5.74) is 1.30. The molecule has 0 aromatic heterocycles. The standard InChI is InChI=1S/C36H62S4/c1-4-24(25-7-5-8-25)17-23-18-26(12-15-37)30(19-23)36(28-9-6-10-28)20-27(13-16-38)31-32(36)29-11-14-34(2,21-39)33(29)35(31,3)22-40/h23-33,37-40H,4-22H2,1-3H3. The number of hydrogen-bond donors (Lipinski definition) is 4. The molecule has 0 aliphatic heterocycles. The molecule has 6 aliphatic carbocycles. The predicted molar refractivity (Wildman–Crippen MR) is 187 cm³/mol. The Morgan fingerprint density at radius 1 is 0.800 bits per heavy atom. The molecule has 230 valence electrons. The molecule has 4 heteroatoms. The molecule has 0 saturated heterocycles. The molecule has 40 heavy (non-hydrogen) atoms. The Morgan fingerprint density at radius 3 is 2.05 bits per heavy atom. The van der Waals surface area contributed by atoms with E-state index in [9.17, 15) is 0 Å². The maximum atomic E-state index is 5.24. The van der Waals surface area contributed by atoms with Crippen LogP contribution < -0.4 is 0 Å². The van der Waals surface area contributed by atoms with Gasteiger partial charge in [-0.3, -0.25) is 0 Å². The van der Waals surface area contributed by atoms with Gasteiger partial charge in [0.05, 0.1) is 0 Å². The van der Waals surface area contributed by atoms with E-state index in [1.165, 1.54) is 89.9 Å². The number of hydrogen-bond acceptors (Lipinski definition) is 4. The molecule has 0 radical (unpaired) electrons. The van der Waals surface area contributed by atoms with Gasteiger partial charge in [-0.05, 0) is 169 Å². The van der Waals surface area contributed by atoms with Gasteiger partial charge in [0.15, 0.2) is 0 Å². The van der Waals surface area contributed by atoms with Crippen molar-refractivity contribution in [3.63, 3.8) is 0 Å². The fraction of sp³-hybridized carbons (Fsp3) is 1.00.